The third-order valence-electron chi connectivity index (χ3n) is 1.33. The molecule has 0 spiro atoms. The molecular weight excluding hydrogens is 265 g/mol. The Morgan fingerprint density at radius 1 is 1.33 bits per heavy atom. The number of nitrogens with zero attached hydrogens (tertiary/aromatic N) is 1. The van der Waals surface area contributed by atoms with Gasteiger partial charge < -0.3 is 0 Å². The molecular formula is C7H8Cl2NO4S+. The molecule has 0 unspecified atom stereocenters. The van der Waals surface area contributed by atoms with E-state index in [2.05, 4.69) is 0 Å². The van der Waals surface area contributed by atoms with Crippen LogP contribution in [0.2, 0.25) is 5.02 Å². The summed E-state index contributed by atoms with van der Waals surface area (Å²) in [6.07, 6.45) is 3.98. The fourth-order valence-electron chi connectivity index (χ4n) is 0.878. The molecule has 3 N–H and O–H groups in total. The van der Waals surface area contributed by atoms with Gasteiger partial charge in [-0.15, -0.1) is 0 Å². The van der Waals surface area contributed by atoms with Gasteiger partial charge in [-0.1, -0.05) is 22.9 Å². The van der Waals surface area contributed by atoms with Crippen molar-refractivity contribution in [2.24, 2.45) is 0 Å². The zero-order valence-electron chi connectivity index (χ0n) is 7.25. The topological polar surface area (TPSA) is 87.9 Å². The number of aromatic nitrogens is 1. The fraction of sp³-hybridized carbons (Fsp3) is 0. The van der Waals surface area contributed by atoms with E-state index in [9.17, 15) is 0 Å². The molecule has 0 atom stereocenters. The standard InChI is InChI=1S/C7H5ClNS.ClH3O4/c8-6-2-1-3-9-4-5-10-7(6)9;2-1(3,4)5/h1-5H;2-4H/q+1;. The molecule has 2 aromatic heterocycles. The number of halogens is 2. The van der Waals surface area contributed by atoms with Crippen LogP contribution in [0, 0.1) is 10.2 Å². The van der Waals surface area contributed by atoms with Crippen LogP contribution in [0.1, 0.15) is 0 Å². The summed E-state index contributed by atoms with van der Waals surface area (Å²) in [6, 6.07) is 3.83. The molecule has 0 aromatic carbocycles. The van der Waals surface area contributed by atoms with Crippen molar-refractivity contribution in [1.29, 1.82) is 0 Å². The summed E-state index contributed by atoms with van der Waals surface area (Å²) in [6.45, 7) is 0. The Labute approximate surface area is 96.1 Å². The average molecular weight is 273 g/mol. The molecule has 0 aliphatic carbocycles. The van der Waals surface area contributed by atoms with Crippen molar-refractivity contribution in [2.75, 3.05) is 0 Å². The molecule has 0 aliphatic heterocycles. The molecule has 84 valence electrons. The molecule has 8 heteroatoms. The molecule has 2 aromatic rings. The van der Waals surface area contributed by atoms with E-state index in [-0.39, 0.29) is 0 Å². The predicted molar refractivity (Wildman–Crippen MR) is 49.1 cm³/mol. The van der Waals surface area contributed by atoms with E-state index in [1.165, 1.54) is 0 Å². The second-order valence-corrected chi connectivity index (χ2v) is 4.57. The van der Waals surface area contributed by atoms with E-state index in [1.54, 1.807) is 11.3 Å². The van der Waals surface area contributed by atoms with Crippen LogP contribution in [0.25, 0.3) is 4.83 Å². The Kier molecular flexibility index (Phi) is 4.23. The molecule has 2 rings (SSSR count). The van der Waals surface area contributed by atoms with Crippen LogP contribution in [-0.2, 0) is 0 Å². The summed E-state index contributed by atoms with van der Waals surface area (Å²) >= 11 is 7.53. The summed E-state index contributed by atoms with van der Waals surface area (Å²) < 4.78 is 32.2. The Hall–Kier alpha value is -0.470. The van der Waals surface area contributed by atoms with Gasteiger partial charge >= 0.3 is 28.9 Å². The van der Waals surface area contributed by atoms with Crippen LogP contribution in [-0.4, -0.2) is 14.0 Å². The van der Waals surface area contributed by atoms with Gasteiger partial charge in [0, 0.05) is 6.07 Å². The van der Waals surface area contributed by atoms with Crippen LogP contribution in [0.15, 0.2) is 29.9 Å². The number of hydrogen-bond acceptors (Lipinski definition) is 5. The predicted octanol–water partition coefficient (Wildman–Crippen LogP) is -0.720. The van der Waals surface area contributed by atoms with E-state index < -0.39 is 10.2 Å². The number of thiazole rings is 1. The second kappa shape index (κ2) is 5.04. The Balaban J connectivity index is 0.000000195. The molecule has 0 fully saturated rings. The Morgan fingerprint density at radius 3 is 2.47 bits per heavy atom. The van der Waals surface area contributed by atoms with Crippen molar-refractivity contribution in [2.45, 2.75) is 0 Å². The van der Waals surface area contributed by atoms with Crippen LogP contribution in [0.3, 0.4) is 0 Å². The van der Waals surface area contributed by atoms with Gasteiger partial charge in [0.05, 0.1) is 5.38 Å². The molecule has 2 heterocycles. The summed E-state index contributed by atoms with van der Waals surface area (Å²) in [4.78, 5) is 1.10. The zero-order chi connectivity index (χ0) is 11.5. The monoisotopic (exact) mass is 272 g/mol. The molecule has 0 aliphatic rings. The van der Waals surface area contributed by atoms with Crippen molar-refractivity contribution in [3.63, 3.8) is 0 Å². The Morgan fingerprint density at radius 2 is 1.93 bits per heavy atom. The Bertz CT molecular complexity index is 436. The third kappa shape index (κ3) is 4.72. The van der Waals surface area contributed by atoms with Gasteiger partial charge in [-0.05, 0) is 6.07 Å². The van der Waals surface area contributed by atoms with Crippen molar-refractivity contribution in [3.05, 3.63) is 34.9 Å². The first-order chi connectivity index (χ1) is 6.88. The molecule has 0 amide bonds. The number of rotatable bonds is 0. The molecule has 5 nitrogen and oxygen atoms in total. The maximum atomic E-state index is 8.83. The number of pyridine rings is 1. The van der Waals surface area contributed by atoms with Crippen LogP contribution in [0.4, 0.5) is 0 Å². The van der Waals surface area contributed by atoms with Crippen LogP contribution < -0.4 is 9.06 Å². The minimum absolute atomic E-state index is 0.817. The second-order valence-electron chi connectivity index (χ2n) is 2.41. The molecule has 0 saturated heterocycles. The normalized spacial score (nSPS) is 12.1. The van der Waals surface area contributed by atoms with Gasteiger partial charge in [0.2, 0.25) is 0 Å². The van der Waals surface area contributed by atoms with Crippen LogP contribution >= 0.6 is 22.9 Å². The fourth-order valence-corrected chi connectivity index (χ4v) is 1.93. The summed E-state index contributed by atoms with van der Waals surface area (Å²) in [5, 5.41) is 2.83. The minimum atomic E-state index is -4.19. The maximum absolute atomic E-state index is 8.83. The van der Waals surface area contributed by atoms with Gasteiger partial charge in [0.15, 0.2) is 12.4 Å². The van der Waals surface area contributed by atoms with Crippen molar-refractivity contribution in [3.8, 4) is 0 Å². The van der Waals surface area contributed by atoms with Crippen molar-refractivity contribution in [1.82, 2.24) is 0 Å². The average Bonchev–Trinajstić information content (AvgIpc) is 2.49. The van der Waals surface area contributed by atoms with E-state index in [4.69, 9.17) is 30.2 Å². The van der Waals surface area contributed by atoms with Gasteiger partial charge in [-0.2, -0.15) is 4.40 Å². The number of fused-ring (bicyclic) bond motifs is 1. The molecule has 0 saturated carbocycles. The van der Waals surface area contributed by atoms with E-state index >= 15 is 0 Å². The van der Waals surface area contributed by atoms with E-state index in [0.29, 0.717) is 0 Å². The molecule has 0 bridgehead atoms. The van der Waals surface area contributed by atoms with Crippen molar-refractivity contribution >= 4 is 27.8 Å². The van der Waals surface area contributed by atoms with Crippen LogP contribution in [0.5, 0.6) is 0 Å². The number of hydrogen-bond donors (Lipinski definition) is 3. The SMILES string of the molecule is Clc1ccc[n+]2ccsc12.[O-][Cl+](O)(O)O. The van der Waals surface area contributed by atoms with E-state index in [1.807, 2.05) is 34.3 Å². The van der Waals surface area contributed by atoms with Gasteiger partial charge in [-0.3, -0.25) is 0 Å². The van der Waals surface area contributed by atoms with Gasteiger partial charge in [0.25, 0.3) is 4.83 Å². The third-order valence-corrected chi connectivity index (χ3v) is 2.66. The zero-order valence-corrected chi connectivity index (χ0v) is 9.58. The van der Waals surface area contributed by atoms with Gasteiger partial charge in [0.1, 0.15) is 5.02 Å². The quantitative estimate of drug-likeness (QED) is 0.553. The first-order valence-corrected chi connectivity index (χ1v) is 6.15. The van der Waals surface area contributed by atoms with E-state index in [0.717, 1.165) is 9.85 Å². The first kappa shape index (κ1) is 12.6. The van der Waals surface area contributed by atoms with Crippen molar-refractivity contribution < 1.29 is 33.3 Å². The first-order valence-electron chi connectivity index (χ1n) is 3.57. The molecule has 15 heavy (non-hydrogen) atoms. The summed E-state index contributed by atoms with van der Waals surface area (Å²) in [5.41, 5.74) is 0. The summed E-state index contributed by atoms with van der Waals surface area (Å²) in [7, 11) is -4.19. The summed E-state index contributed by atoms with van der Waals surface area (Å²) in [5.74, 6) is 0. The molecule has 0 radical (unpaired) electrons. The van der Waals surface area contributed by atoms with Gasteiger partial charge in [-0.25, -0.2) is 0 Å².